The Bertz CT molecular complexity index is 506. The zero-order valence-corrected chi connectivity index (χ0v) is 12.7. The standard InChI is InChI=1S/C16H24FN3O/c1-11-5-6-20(9-13(11)8-18)10-16(21)19-15-7-14(17)4-3-12(15)2/h3-4,7,11,13H,5-6,8-10,18H2,1-2H3,(H,19,21). The highest BCUT2D eigenvalue weighted by molar-refractivity contribution is 5.92. The highest BCUT2D eigenvalue weighted by atomic mass is 19.1. The molecule has 0 saturated carbocycles. The molecule has 3 N–H and O–H groups in total. The van der Waals surface area contributed by atoms with E-state index in [1.165, 1.54) is 12.1 Å². The number of carbonyl (C=O) groups excluding carboxylic acids is 1. The van der Waals surface area contributed by atoms with Gasteiger partial charge in [0.15, 0.2) is 0 Å². The summed E-state index contributed by atoms with van der Waals surface area (Å²) in [6.45, 7) is 6.81. The third-order valence-corrected chi connectivity index (χ3v) is 4.34. The van der Waals surface area contributed by atoms with Crippen molar-refractivity contribution in [1.82, 2.24) is 4.90 Å². The summed E-state index contributed by atoms with van der Waals surface area (Å²) >= 11 is 0. The summed E-state index contributed by atoms with van der Waals surface area (Å²) in [5.41, 5.74) is 7.18. The smallest absolute Gasteiger partial charge is 0.238 e. The van der Waals surface area contributed by atoms with Gasteiger partial charge < -0.3 is 11.1 Å². The average Bonchev–Trinajstić information content (AvgIpc) is 2.45. The zero-order valence-electron chi connectivity index (χ0n) is 12.7. The predicted molar refractivity (Wildman–Crippen MR) is 82.5 cm³/mol. The van der Waals surface area contributed by atoms with Crippen molar-refractivity contribution in [3.63, 3.8) is 0 Å². The molecule has 1 aliphatic heterocycles. The normalized spacial score (nSPS) is 23.0. The van der Waals surface area contributed by atoms with Gasteiger partial charge in [0, 0.05) is 12.2 Å². The Hall–Kier alpha value is -1.46. The van der Waals surface area contributed by atoms with Crippen LogP contribution in [0.3, 0.4) is 0 Å². The summed E-state index contributed by atoms with van der Waals surface area (Å²) < 4.78 is 13.2. The van der Waals surface area contributed by atoms with Crippen molar-refractivity contribution in [2.75, 3.05) is 31.5 Å². The van der Waals surface area contributed by atoms with Gasteiger partial charge in [-0.25, -0.2) is 4.39 Å². The van der Waals surface area contributed by atoms with Crippen molar-refractivity contribution in [3.8, 4) is 0 Å². The number of piperidine rings is 1. The number of hydrogen-bond donors (Lipinski definition) is 2. The summed E-state index contributed by atoms with van der Waals surface area (Å²) in [5, 5.41) is 2.79. The van der Waals surface area contributed by atoms with Crippen LogP contribution in [-0.4, -0.2) is 37.0 Å². The molecule has 0 radical (unpaired) electrons. The average molecular weight is 293 g/mol. The number of rotatable bonds is 4. The Kier molecular flexibility index (Phi) is 5.31. The maximum absolute atomic E-state index is 13.2. The minimum Gasteiger partial charge on any atom is -0.330 e. The Morgan fingerprint density at radius 2 is 2.29 bits per heavy atom. The molecule has 0 aromatic heterocycles. The molecule has 1 aromatic rings. The lowest BCUT2D eigenvalue weighted by molar-refractivity contribution is -0.117. The van der Waals surface area contributed by atoms with Gasteiger partial charge in [-0.3, -0.25) is 9.69 Å². The third-order valence-electron chi connectivity index (χ3n) is 4.34. The second-order valence-corrected chi connectivity index (χ2v) is 6.00. The van der Waals surface area contributed by atoms with Crippen LogP contribution in [0.1, 0.15) is 18.9 Å². The topological polar surface area (TPSA) is 58.4 Å². The third kappa shape index (κ3) is 4.25. The summed E-state index contributed by atoms with van der Waals surface area (Å²) in [6, 6.07) is 4.41. The van der Waals surface area contributed by atoms with E-state index in [0.29, 0.717) is 30.6 Å². The highest BCUT2D eigenvalue weighted by Crippen LogP contribution is 2.22. The summed E-state index contributed by atoms with van der Waals surface area (Å²) in [5.74, 6) is 0.613. The minimum absolute atomic E-state index is 0.103. The molecule has 5 heteroatoms. The molecular formula is C16H24FN3O. The number of halogens is 1. The second kappa shape index (κ2) is 7.00. The molecular weight excluding hydrogens is 269 g/mol. The highest BCUT2D eigenvalue weighted by Gasteiger charge is 2.26. The number of nitrogens with two attached hydrogens (primary N) is 1. The van der Waals surface area contributed by atoms with E-state index in [1.807, 2.05) is 6.92 Å². The van der Waals surface area contributed by atoms with Gasteiger partial charge in [0.2, 0.25) is 5.91 Å². The van der Waals surface area contributed by atoms with Crippen LogP contribution in [0.25, 0.3) is 0 Å². The molecule has 1 heterocycles. The molecule has 1 fully saturated rings. The van der Waals surface area contributed by atoms with E-state index in [-0.39, 0.29) is 11.7 Å². The van der Waals surface area contributed by atoms with Gasteiger partial charge in [0.05, 0.1) is 6.54 Å². The van der Waals surface area contributed by atoms with Crippen LogP contribution in [0.4, 0.5) is 10.1 Å². The van der Waals surface area contributed by atoms with Gasteiger partial charge in [0.1, 0.15) is 5.82 Å². The SMILES string of the molecule is Cc1ccc(F)cc1NC(=O)CN1CCC(C)C(CN)C1. The first-order chi connectivity index (χ1) is 9.99. The first-order valence-electron chi connectivity index (χ1n) is 7.48. The Balaban J connectivity index is 1.91. The number of likely N-dealkylation sites (tertiary alicyclic amines) is 1. The Morgan fingerprint density at radius 1 is 1.52 bits per heavy atom. The van der Waals surface area contributed by atoms with E-state index in [1.54, 1.807) is 6.07 Å². The molecule has 4 nitrogen and oxygen atoms in total. The largest absolute Gasteiger partial charge is 0.330 e. The van der Waals surface area contributed by atoms with Crippen LogP contribution in [0.2, 0.25) is 0 Å². The lowest BCUT2D eigenvalue weighted by Crippen LogP contribution is -2.45. The van der Waals surface area contributed by atoms with E-state index in [0.717, 1.165) is 25.1 Å². The summed E-state index contributed by atoms with van der Waals surface area (Å²) in [6.07, 6.45) is 1.06. The van der Waals surface area contributed by atoms with Crippen molar-refractivity contribution < 1.29 is 9.18 Å². The number of anilines is 1. The van der Waals surface area contributed by atoms with E-state index in [2.05, 4.69) is 17.1 Å². The van der Waals surface area contributed by atoms with Crippen LogP contribution in [0.15, 0.2) is 18.2 Å². The van der Waals surface area contributed by atoms with Crippen molar-refractivity contribution in [2.24, 2.45) is 17.6 Å². The van der Waals surface area contributed by atoms with Gasteiger partial charge in [-0.05, 0) is 56.0 Å². The summed E-state index contributed by atoms with van der Waals surface area (Å²) in [4.78, 5) is 14.2. The van der Waals surface area contributed by atoms with Crippen molar-refractivity contribution in [1.29, 1.82) is 0 Å². The molecule has 0 spiro atoms. The first kappa shape index (κ1) is 15.9. The fourth-order valence-corrected chi connectivity index (χ4v) is 2.80. The minimum atomic E-state index is -0.342. The number of benzene rings is 1. The number of nitrogens with one attached hydrogen (secondary N) is 1. The van der Waals surface area contributed by atoms with Gasteiger partial charge in [0.25, 0.3) is 0 Å². The maximum atomic E-state index is 13.2. The molecule has 2 atom stereocenters. The number of nitrogens with zero attached hydrogens (tertiary/aromatic N) is 1. The first-order valence-corrected chi connectivity index (χ1v) is 7.48. The number of carbonyl (C=O) groups is 1. The van der Waals surface area contributed by atoms with E-state index in [4.69, 9.17) is 5.73 Å². The molecule has 0 aliphatic carbocycles. The molecule has 0 bridgehead atoms. The van der Waals surface area contributed by atoms with Gasteiger partial charge in [-0.2, -0.15) is 0 Å². The van der Waals surface area contributed by atoms with Crippen LogP contribution >= 0.6 is 0 Å². The Morgan fingerprint density at radius 3 is 3.00 bits per heavy atom. The fraction of sp³-hybridized carbons (Fsp3) is 0.562. The molecule has 2 rings (SSSR count). The van der Waals surface area contributed by atoms with E-state index in [9.17, 15) is 9.18 Å². The lowest BCUT2D eigenvalue weighted by Gasteiger charge is -2.36. The van der Waals surface area contributed by atoms with Crippen molar-refractivity contribution >= 4 is 11.6 Å². The van der Waals surface area contributed by atoms with Crippen LogP contribution in [0, 0.1) is 24.6 Å². The number of hydrogen-bond acceptors (Lipinski definition) is 3. The van der Waals surface area contributed by atoms with Crippen LogP contribution < -0.4 is 11.1 Å². The van der Waals surface area contributed by atoms with E-state index < -0.39 is 0 Å². The fourth-order valence-electron chi connectivity index (χ4n) is 2.80. The monoisotopic (exact) mass is 293 g/mol. The Labute approximate surface area is 125 Å². The molecule has 1 aliphatic rings. The lowest BCUT2D eigenvalue weighted by atomic mass is 9.87. The predicted octanol–water partition coefficient (Wildman–Crippen LogP) is 1.99. The second-order valence-electron chi connectivity index (χ2n) is 6.00. The van der Waals surface area contributed by atoms with Crippen molar-refractivity contribution in [3.05, 3.63) is 29.6 Å². The van der Waals surface area contributed by atoms with Crippen molar-refractivity contribution in [2.45, 2.75) is 20.3 Å². The van der Waals surface area contributed by atoms with E-state index >= 15 is 0 Å². The zero-order chi connectivity index (χ0) is 15.4. The molecule has 116 valence electrons. The molecule has 1 amide bonds. The van der Waals surface area contributed by atoms with Gasteiger partial charge in [-0.15, -0.1) is 0 Å². The van der Waals surface area contributed by atoms with Gasteiger partial charge in [-0.1, -0.05) is 13.0 Å². The quantitative estimate of drug-likeness (QED) is 0.892. The summed E-state index contributed by atoms with van der Waals surface area (Å²) in [7, 11) is 0. The van der Waals surface area contributed by atoms with Crippen LogP contribution in [-0.2, 0) is 4.79 Å². The van der Waals surface area contributed by atoms with Crippen LogP contribution in [0.5, 0.6) is 0 Å². The molecule has 2 unspecified atom stereocenters. The molecule has 1 saturated heterocycles. The number of amides is 1. The van der Waals surface area contributed by atoms with Gasteiger partial charge >= 0.3 is 0 Å². The molecule has 21 heavy (non-hydrogen) atoms. The maximum Gasteiger partial charge on any atom is 0.238 e. The number of aryl methyl sites for hydroxylation is 1. The molecule has 1 aromatic carbocycles.